The molecule has 0 aliphatic heterocycles. The van der Waals surface area contributed by atoms with Crippen LogP contribution in [0.15, 0.2) is 42.5 Å². The first-order chi connectivity index (χ1) is 8.43. The smallest absolute Gasteiger partial charge is 0.189 e. The standard InChI is InChI=1S/C15H16O2/c1-2-6-14-13(4-1)5-3-7-15(14)17-11-16-10-12-8-9-12/h1-7,12H,8-11H2. The Morgan fingerprint density at radius 2 is 1.82 bits per heavy atom. The molecule has 1 aliphatic carbocycles. The first-order valence-electron chi connectivity index (χ1n) is 6.12. The molecule has 0 saturated heterocycles. The van der Waals surface area contributed by atoms with E-state index in [1.54, 1.807) is 0 Å². The zero-order chi connectivity index (χ0) is 11.5. The topological polar surface area (TPSA) is 18.5 Å². The van der Waals surface area contributed by atoms with Crippen LogP contribution >= 0.6 is 0 Å². The fourth-order valence-electron chi connectivity index (χ4n) is 1.93. The Morgan fingerprint density at radius 1 is 1.00 bits per heavy atom. The molecule has 0 radical (unpaired) electrons. The van der Waals surface area contributed by atoms with Gasteiger partial charge in [0, 0.05) is 5.39 Å². The molecule has 17 heavy (non-hydrogen) atoms. The first-order valence-corrected chi connectivity index (χ1v) is 6.12. The zero-order valence-electron chi connectivity index (χ0n) is 9.76. The highest BCUT2D eigenvalue weighted by Gasteiger charge is 2.21. The molecular formula is C15H16O2. The van der Waals surface area contributed by atoms with Crippen molar-refractivity contribution < 1.29 is 9.47 Å². The Hall–Kier alpha value is -1.54. The van der Waals surface area contributed by atoms with Gasteiger partial charge < -0.3 is 9.47 Å². The van der Waals surface area contributed by atoms with Crippen molar-refractivity contribution in [3.63, 3.8) is 0 Å². The van der Waals surface area contributed by atoms with E-state index >= 15 is 0 Å². The second kappa shape index (κ2) is 4.76. The summed E-state index contributed by atoms with van der Waals surface area (Å²) in [6.45, 7) is 1.19. The van der Waals surface area contributed by atoms with Crippen LogP contribution in [0.3, 0.4) is 0 Å². The average molecular weight is 228 g/mol. The summed E-state index contributed by atoms with van der Waals surface area (Å²) >= 11 is 0. The van der Waals surface area contributed by atoms with E-state index in [0.29, 0.717) is 6.79 Å². The normalized spacial score (nSPS) is 15.1. The molecule has 0 atom stereocenters. The van der Waals surface area contributed by atoms with E-state index in [4.69, 9.17) is 9.47 Å². The van der Waals surface area contributed by atoms with E-state index in [9.17, 15) is 0 Å². The lowest BCUT2D eigenvalue weighted by molar-refractivity contribution is 0.0108. The van der Waals surface area contributed by atoms with Gasteiger partial charge in [-0.3, -0.25) is 0 Å². The molecule has 0 aromatic heterocycles. The maximum atomic E-state index is 5.68. The molecule has 3 rings (SSSR count). The van der Waals surface area contributed by atoms with Crippen LogP contribution in [0.1, 0.15) is 12.8 Å². The second-order valence-corrected chi connectivity index (χ2v) is 4.55. The molecule has 2 aromatic rings. The first kappa shape index (κ1) is 10.6. The molecule has 2 aromatic carbocycles. The van der Waals surface area contributed by atoms with Crippen LogP contribution in [0, 0.1) is 5.92 Å². The second-order valence-electron chi connectivity index (χ2n) is 4.55. The molecular weight excluding hydrogens is 212 g/mol. The third-order valence-electron chi connectivity index (χ3n) is 3.10. The van der Waals surface area contributed by atoms with E-state index in [-0.39, 0.29) is 0 Å². The van der Waals surface area contributed by atoms with E-state index in [2.05, 4.69) is 18.2 Å². The van der Waals surface area contributed by atoms with E-state index in [1.165, 1.54) is 18.2 Å². The molecule has 0 heterocycles. The average Bonchev–Trinajstić information content (AvgIpc) is 3.19. The van der Waals surface area contributed by atoms with E-state index in [0.717, 1.165) is 23.7 Å². The minimum atomic E-state index is 0.352. The van der Waals surface area contributed by atoms with Gasteiger partial charge in [0.2, 0.25) is 0 Å². The largest absolute Gasteiger partial charge is 0.467 e. The number of fused-ring (bicyclic) bond motifs is 1. The predicted octanol–water partition coefficient (Wildman–Crippen LogP) is 3.60. The molecule has 0 N–H and O–H groups in total. The van der Waals surface area contributed by atoms with Crippen molar-refractivity contribution in [3.8, 4) is 5.75 Å². The van der Waals surface area contributed by atoms with Crippen LogP contribution in [0.4, 0.5) is 0 Å². The maximum Gasteiger partial charge on any atom is 0.189 e. The maximum absolute atomic E-state index is 5.68. The van der Waals surface area contributed by atoms with Crippen LogP contribution in [-0.2, 0) is 4.74 Å². The molecule has 2 heteroatoms. The molecule has 1 saturated carbocycles. The highest BCUT2D eigenvalue weighted by atomic mass is 16.7. The fourth-order valence-corrected chi connectivity index (χ4v) is 1.93. The Balaban J connectivity index is 1.66. The number of ether oxygens (including phenoxy) is 2. The number of rotatable bonds is 5. The highest BCUT2D eigenvalue weighted by molar-refractivity contribution is 5.88. The van der Waals surface area contributed by atoms with Crippen LogP contribution in [0.5, 0.6) is 5.75 Å². The van der Waals surface area contributed by atoms with Gasteiger partial charge >= 0.3 is 0 Å². The van der Waals surface area contributed by atoms with Crippen molar-refractivity contribution in [2.45, 2.75) is 12.8 Å². The van der Waals surface area contributed by atoms with Gasteiger partial charge in [-0.2, -0.15) is 0 Å². The molecule has 0 spiro atoms. The summed E-state index contributed by atoms with van der Waals surface area (Å²) in [4.78, 5) is 0. The van der Waals surface area contributed by atoms with E-state index < -0.39 is 0 Å². The Labute approximate surface area is 101 Å². The summed E-state index contributed by atoms with van der Waals surface area (Å²) in [5, 5.41) is 2.34. The summed E-state index contributed by atoms with van der Waals surface area (Å²) < 4.78 is 11.2. The summed E-state index contributed by atoms with van der Waals surface area (Å²) in [7, 11) is 0. The van der Waals surface area contributed by atoms with Crippen LogP contribution < -0.4 is 4.74 Å². The van der Waals surface area contributed by atoms with E-state index in [1.807, 2.05) is 24.3 Å². The predicted molar refractivity (Wildman–Crippen MR) is 68.1 cm³/mol. The molecule has 1 fully saturated rings. The number of hydrogen-bond donors (Lipinski definition) is 0. The van der Waals surface area contributed by atoms with Gasteiger partial charge in [-0.25, -0.2) is 0 Å². The summed E-state index contributed by atoms with van der Waals surface area (Å²) in [6, 6.07) is 14.3. The molecule has 1 aliphatic rings. The van der Waals surface area contributed by atoms with Gasteiger partial charge in [0.15, 0.2) is 6.79 Å². The van der Waals surface area contributed by atoms with Gasteiger partial charge in [0.05, 0.1) is 6.61 Å². The Kier molecular flexibility index (Phi) is 2.97. The molecule has 88 valence electrons. The SMILES string of the molecule is c1ccc2c(OCOCC3CC3)cccc2c1. The third-order valence-corrected chi connectivity index (χ3v) is 3.10. The fraction of sp³-hybridized carbons (Fsp3) is 0.333. The highest BCUT2D eigenvalue weighted by Crippen LogP contribution is 2.29. The van der Waals surface area contributed by atoms with Crippen LogP contribution in [0.2, 0.25) is 0 Å². The van der Waals surface area contributed by atoms with Gasteiger partial charge in [0.1, 0.15) is 5.75 Å². The van der Waals surface area contributed by atoms with Gasteiger partial charge in [-0.05, 0) is 30.2 Å². The molecule has 2 nitrogen and oxygen atoms in total. The van der Waals surface area contributed by atoms with Crippen molar-refractivity contribution in [1.82, 2.24) is 0 Å². The van der Waals surface area contributed by atoms with Crippen molar-refractivity contribution in [2.75, 3.05) is 13.4 Å². The quantitative estimate of drug-likeness (QED) is 0.575. The summed E-state index contributed by atoms with van der Waals surface area (Å²) in [6.07, 6.45) is 2.63. The van der Waals surface area contributed by atoms with Gasteiger partial charge in [-0.1, -0.05) is 36.4 Å². The van der Waals surface area contributed by atoms with Gasteiger partial charge in [-0.15, -0.1) is 0 Å². The minimum Gasteiger partial charge on any atom is -0.467 e. The molecule has 0 unspecified atom stereocenters. The molecule has 0 amide bonds. The van der Waals surface area contributed by atoms with Gasteiger partial charge in [0.25, 0.3) is 0 Å². The van der Waals surface area contributed by atoms with Crippen LogP contribution in [-0.4, -0.2) is 13.4 Å². The minimum absolute atomic E-state index is 0.352. The van der Waals surface area contributed by atoms with Crippen LogP contribution in [0.25, 0.3) is 10.8 Å². The third kappa shape index (κ3) is 2.59. The Morgan fingerprint density at radius 3 is 2.71 bits per heavy atom. The zero-order valence-corrected chi connectivity index (χ0v) is 9.76. The number of benzene rings is 2. The molecule has 0 bridgehead atoms. The summed E-state index contributed by atoms with van der Waals surface area (Å²) in [5.41, 5.74) is 0. The lowest BCUT2D eigenvalue weighted by atomic mass is 10.1. The monoisotopic (exact) mass is 228 g/mol. The summed E-state index contributed by atoms with van der Waals surface area (Å²) in [5.74, 6) is 1.69. The van der Waals surface area contributed by atoms with Crippen molar-refractivity contribution >= 4 is 10.8 Å². The van der Waals surface area contributed by atoms with Crippen molar-refractivity contribution in [2.24, 2.45) is 5.92 Å². The lowest BCUT2D eigenvalue weighted by Gasteiger charge is -2.09. The Bertz CT molecular complexity index is 498. The lowest BCUT2D eigenvalue weighted by Crippen LogP contribution is -2.05. The van der Waals surface area contributed by atoms with Crippen molar-refractivity contribution in [3.05, 3.63) is 42.5 Å². The van der Waals surface area contributed by atoms with Crippen molar-refractivity contribution in [1.29, 1.82) is 0 Å². The number of hydrogen-bond acceptors (Lipinski definition) is 2.